The lowest BCUT2D eigenvalue weighted by atomic mass is 9.66. The maximum Gasteiger partial charge on any atom is 0.228 e. The highest BCUT2D eigenvalue weighted by Gasteiger charge is 2.50. The Kier molecular flexibility index (Phi) is 4.35. The van der Waals surface area contributed by atoms with Gasteiger partial charge >= 0.3 is 0 Å². The van der Waals surface area contributed by atoms with E-state index in [1.807, 2.05) is 6.07 Å². The van der Waals surface area contributed by atoms with Crippen molar-refractivity contribution in [1.29, 1.82) is 0 Å². The maximum absolute atomic E-state index is 12.4. The van der Waals surface area contributed by atoms with Crippen LogP contribution >= 0.6 is 0 Å². The van der Waals surface area contributed by atoms with Crippen LogP contribution in [-0.2, 0) is 9.53 Å². The van der Waals surface area contributed by atoms with Gasteiger partial charge in [-0.1, -0.05) is 19.3 Å². The van der Waals surface area contributed by atoms with E-state index in [2.05, 4.69) is 15.5 Å². The van der Waals surface area contributed by atoms with E-state index in [-0.39, 0.29) is 23.5 Å². The molecule has 1 saturated heterocycles. The Labute approximate surface area is 142 Å². The van der Waals surface area contributed by atoms with Crippen molar-refractivity contribution in [2.24, 2.45) is 11.7 Å². The minimum atomic E-state index is -0.140. The number of amides is 1. The van der Waals surface area contributed by atoms with E-state index >= 15 is 0 Å². The molecule has 1 aromatic heterocycles. The number of nitrogens with one attached hydrogen (secondary N) is 2. The predicted octanol–water partition coefficient (Wildman–Crippen LogP) is 2.68. The Bertz CT molecular complexity index is 588. The van der Waals surface area contributed by atoms with Crippen molar-refractivity contribution >= 4 is 11.7 Å². The first-order valence-electron chi connectivity index (χ1n) is 9.39. The topological polar surface area (TPSA) is 93.0 Å². The van der Waals surface area contributed by atoms with Crippen LogP contribution in [0.15, 0.2) is 6.07 Å². The van der Waals surface area contributed by atoms with Crippen molar-refractivity contribution in [2.75, 3.05) is 11.9 Å². The fraction of sp³-hybridized carbons (Fsp3) is 0.778. The van der Waals surface area contributed by atoms with Gasteiger partial charge in [0.2, 0.25) is 5.91 Å². The zero-order valence-corrected chi connectivity index (χ0v) is 14.2. The molecule has 1 aromatic rings. The Morgan fingerprint density at radius 3 is 2.79 bits per heavy atom. The molecule has 3 aliphatic rings. The molecule has 1 aliphatic heterocycles. The van der Waals surface area contributed by atoms with Crippen LogP contribution in [0.1, 0.15) is 69.4 Å². The number of anilines is 1. The summed E-state index contributed by atoms with van der Waals surface area (Å²) in [5.74, 6) is 1.30. The molecule has 1 unspecified atom stereocenters. The SMILES string of the molecule is NC1CCOC2(C1)CC(C(=O)Nc1cc(C3CCCCC3)[nH]n1)C2. The van der Waals surface area contributed by atoms with Crippen molar-refractivity contribution in [2.45, 2.75) is 75.3 Å². The average molecular weight is 332 g/mol. The molecule has 4 N–H and O–H groups in total. The quantitative estimate of drug-likeness (QED) is 0.793. The molecule has 24 heavy (non-hydrogen) atoms. The Morgan fingerprint density at radius 1 is 1.25 bits per heavy atom. The van der Waals surface area contributed by atoms with E-state index in [1.165, 1.54) is 32.1 Å². The first-order chi connectivity index (χ1) is 11.6. The number of hydrogen-bond acceptors (Lipinski definition) is 4. The van der Waals surface area contributed by atoms with Gasteiger partial charge in [-0.3, -0.25) is 9.89 Å². The minimum absolute atomic E-state index is 0.0186. The number of carbonyl (C=O) groups is 1. The fourth-order valence-electron chi connectivity index (χ4n) is 4.63. The molecule has 1 atom stereocenters. The standard InChI is InChI=1S/C18H28N4O2/c19-14-6-7-24-18(11-14)9-13(10-18)17(23)20-16-8-15(21-22-16)12-4-2-1-3-5-12/h8,12-14H,1-7,9-11,19H2,(H2,20,21,22,23). The number of rotatable bonds is 3. The number of aromatic nitrogens is 2. The maximum atomic E-state index is 12.4. The lowest BCUT2D eigenvalue weighted by Gasteiger charge is -2.50. The molecule has 2 saturated carbocycles. The van der Waals surface area contributed by atoms with Crippen molar-refractivity contribution < 1.29 is 9.53 Å². The molecule has 3 fully saturated rings. The second-order valence-electron chi connectivity index (χ2n) is 7.92. The highest BCUT2D eigenvalue weighted by atomic mass is 16.5. The van der Waals surface area contributed by atoms with E-state index in [9.17, 15) is 4.79 Å². The van der Waals surface area contributed by atoms with Crippen LogP contribution in [0.3, 0.4) is 0 Å². The summed E-state index contributed by atoms with van der Waals surface area (Å²) >= 11 is 0. The summed E-state index contributed by atoms with van der Waals surface area (Å²) in [6, 6.07) is 2.22. The molecule has 132 valence electrons. The first kappa shape index (κ1) is 16.1. The summed E-state index contributed by atoms with van der Waals surface area (Å²) in [4.78, 5) is 12.4. The number of aromatic amines is 1. The summed E-state index contributed by atoms with van der Waals surface area (Å²) in [5, 5.41) is 10.4. The Hall–Kier alpha value is -1.40. The molecule has 4 rings (SSSR count). The summed E-state index contributed by atoms with van der Waals surface area (Å²) < 4.78 is 5.90. The molecule has 0 aromatic carbocycles. The highest BCUT2D eigenvalue weighted by Crippen LogP contribution is 2.46. The van der Waals surface area contributed by atoms with E-state index in [4.69, 9.17) is 10.5 Å². The third-order valence-corrected chi connectivity index (χ3v) is 6.03. The fourth-order valence-corrected chi connectivity index (χ4v) is 4.63. The molecule has 0 bridgehead atoms. The zero-order chi connectivity index (χ0) is 16.6. The lowest BCUT2D eigenvalue weighted by molar-refractivity contribution is -0.166. The summed E-state index contributed by atoms with van der Waals surface area (Å²) in [6.45, 7) is 0.722. The molecule has 1 spiro atoms. The van der Waals surface area contributed by atoms with Crippen LogP contribution in [0, 0.1) is 5.92 Å². The van der Waals surface area contributed by atoms with Crippen molar-refractivity contribution in [3.8, 4) is 0 Å². The van der Waals surface area contributed by atoms with E-state index in [1.54, 1.807) is 0 Å². The van der Waals surface area contributed by atoms with Gasteiger partial charge in [0, 0.05) is 36.2 Å². The van der Waals surface area contributed by atoms with Crippen molar-refractivity contribution in [3.63, 3.8) is 0 Å². The van der Waals surface area contributed by atoms with Gasteiger partial charge in [-0.15, -0.1) is 0 Å². The van der Waals surface area contributed by atoms with Crippen molar-refractivity contribution in [1.82, 2.24) is 10.2 Å². The molecule has 1 amide bonds. The summed E-state index contributed by atoms with van der Waals surface area (Å²) in [5.41, 5.74) is 7.07. The van der Waals surface area contributed by atoms with Crippen LogP contribution in [0.5, 0.6) is 0 Å². The third kappa shape index (κ3) is 3.22. The molecule has 6 nitrogen and oxygen atoms in total. The first-order valence-corrected chi connectivity index (χ1v) is 9.39. The average Bonchev–Trinajstić information content (AvgIpc) is 3.02. The van der Waals surface area contributed by atoms with Crippen LogP contribution in [0.25, 0.3) is 0 Å². The number of ether oxygens (including phenoxy) is 1. The Morgan fingerprint density at radius 2 is 2.04 bits per heavy atom. The van der Waals surface area contributed by atoms with Gasteiger partial charge in [0.15, 0.2) is 5.82 Å². The summed E-state index contributed by atoms with van der Waals surface area (Å²) in [7, 11) is 0. The predicted molar refractivity (Wildman–Crippen MR) is 91.7 cm³/mol. The molecule has 0 radical (unpaired) electrons. The number of carbonyl (C=O) groups excluding carboxylic acids is 1. The van der Waals surface area contributed by atoms with Gasteiger partial charge in [-0.05, 0) is 38.5 Å². The second-order valence-corrected chi connectivity index (χ2v) is 7.92. The van der Waals surface area contributed by atoms with Gasteiger partial charge in [-0.2, -0.15) is 5.10 Å². The van der Waals surface area contributed by atoms with E-state index in [0.29, 0.717) is 11.7 Å². The number of nitrogens with two attached hydrogens (primary N) is 1. The zero-order valence-electron chi connectivity index (χ0n) is 14.2. The monoisotopic (exact) mass is 332 g/mol. The number of nitrogens with zero attached hydrogens (tertiary/aromatic N) is 1. The second kappa shape index (κ2) is 6.48. The smallest absolute Gasteiger partial charge is 0.228 e. The molecule has 6 heteroatoms. The van der Waals surface area contributed by atoms with Crippen LogP contribution < -0.4 is 11.1 Å². The molecular formula is C18H28N4O2. The molecule has 2 aliphatic carbocycles. The van der Waals surface area contributed by atoms with Crippen molar-refractivity contribution in [3.05, 3.63) is 11.8 Å². The molecular weight excluding hydrogens is 304 g/mol. The lowest BCUT2D eigenvalue weighted by Crippen LogP contribution is -2.55. The largest absolute Gasteiger partial charge is 0.375 e. The van der Waals surface area contributed by atoms with E-state index in [0.717, 1.165) is 38.0 Å². The van der Waals surface area contributed by atoms with Gasteiger partial charge in [0.1, 0.15) is 0 Å². The molecule has 2 heterocycles. The van der Waals surface area contributed by atoms with Crippen LogP contribution in [-0.4, -0.2) is 34.4 Å². The summed E-state index contributed by atoms with van der Waals surface area (Å²) in [6.07, 6.45) is 9.73. The van der Waals surface area contributed by atoms with Gasteiger partial charge in [-0.25, -0.2) is 0 Å². The van der Waals surface area contributed by atoms with Crippen LogP contribution in [0.4, 0.5) is 5.82 Å². The highest BCUT2D eigenvalue weighted by molar-refractivity contribution is 5.92. The van der Waals surface area contributed by atoms with Gasteiger partial charge in [0.25, 0.3) is 0 Å². The van der Waals surface area contributed by atoms with Gasteiger partial charge < -0.3 is 15.8 Å². The number of hydrogen-bond donors (Lipinski definition) is 3. The van der Waals surface area contributed by atoms with Crippen LogP contribution in [0.2, 0.25) is 0 Å². The Balaban J connectivity index is 1.30. The third-order valence-electron chi connectivity index (χ3n) is 6.03. The van der Waals surface area contributed by atoms with E-state index < -0.39 is 0 Å². The number of H-pyrrole nitrogens is 1. The normalized spacial score (nSPS) is 34.0. The van der Waals surface area contributed by atoms with Gasteiger partial charge in [0.05, 0.1) is 5.60 Å². The minimum Gasteiger partial charge on any atom is -0.375 e.